The van der Waals surface area contributed by atoms with Crippen LogP contribution in [0.2, 0.25) is 0 Å². The van der Waals surface area contributed by atoms with Gasteiger partial charge in [0.15, 0.2) is 0 Å². The van der Waals surface area contributed by atoms with E-state index >= 15 is 0 Å². The third-order valence-electron chi connectivity index (χ3n) is 3.18. The molecule has 8 nitrogen and oxygen atoms in total. The van der Waals surface area contributed by atoms with Gasteiger partial charge >= 0.3 is 148 Å². The first-order valence-electron chi connectivity index (χ1n) is 7.91. The second-order valence-electron chi connectivity index (χ2n) is 5.81. The molecule has 0 aromatic heterocycles. The van der Waals surface area contributed by atoms with E-state index in [1.54, 1.807) is 39.0 Å². The zero-order valence-corrected chi connectivity index (χ0v) is 16.2. The van der Waals surface area contributed by atoms with Crippen molar-refractivity contribution in [3.05, 3.63) is 23.8 Å². The molecule has 1 atom stereocenters. The van der Waals surface area contributed by atoms with Gasteiger partial charge in [-0.1, -0.05) is 0 Å². The quantitative estimate of drug-likeness (QED) is 0.417. The molecule has 0 radical (unpaired) electrons. The topological polar surface area (TPSA) is 106 Å². The van der Waals surface area contributed by atoms with Crippen LogP contribution in [0.25, 0.3) is 0 Å². The minimum absolute atomic E-state index is 0.114. The van der Waals surface area contributed by atoms with Crippen molar-refractivity contribution in [2.24, 2.45) is 0 Å². The Kier molecular flexibility index (Phi) is 8.55. The van der Waals surface area contributed by atoms with Crippen LogP contribution in [0.4, 0.5) is 0 Å². The summed E-state index contributed by atoms with van der Waals surface area (Å²) in [6.45, 7) is 4.92. The van der Waals surface area contributed by atoms with Crippen molar-refractivity contribution in [3.8, 4) is 11.5 Å². The number of carbonyl (C=O) groups excluding carboxylic acids is 1. The summed E-state index contributed by atoms with van der Waals surface area (Å²) >= 11 is 0. The van der Waals surface area contributed by atoms with Gasteiger partial charge in [0.2, 0.25) is 0 Å². The number of benzene rings is 1. The molecule has 0 amide bonds. The van der Waals surface area contributed by atoms with E-state index in [9.17, 15) is 14.8 Å². The molecule has 0 saturated heterocycles. The summed E-state index contributed by atoms with van der Waals surface area (Å²) < 4.78 is 21.1. The van der Waals surface area contributed by atoms with E-state index in [-0.39, 0.29) is 24.8 Å². The molecule has 1 rings (SSSR count). The van der Waals surface area contributed by atoms with Gasteiger partial charge in [-0.05, 0) is 0 Å². The average Bonchev–Trinajstić information content (AvgIpc) is 2.54. The Labute approximate surface area is 148 Å². The summed E-state index contributed by atoms with van der Waals surface area (Å²) in [6.07, 6.45) is -0.377. The molecule has 0 heterocycles. The van der Waals surface area contributed by atoms with E-state index in [2.05, 4.69) is 5.09 Å². The van der Waals surface area contributed by atoms with Crippen LogP contribution in [-0.2, 0) is 20.9 Å². The summed E-state index contributed by atoms with van der Waals surface area (Å²) in [6, 6.07) is 4.05. The molecule has 144 valence electrons. The molecular weight excluding hydrogens is 349 g/mol. The van der Waals surface area contributed by atoms with Crippen LogP contribution in [0.5, 0.6) is 11.5 Å². The fraction of sp³-hybridized carbons (Fsp3) is 0.562. The molecule has 1 aromatic carbocycles. The number of aliphatic hydroxyl groups excluding tert-OH is 1. The number of carbonyl (C=O) groups is 1. The summed E-state index contributed by atoms with van der Waals surface area (Å²) in [5.41, 5.74) is 0.642. The Morgan fingerprint density at radius 2 is 1.92 bits per heavy atom. The summed E-state index contributed by atoms with van der Waals surface area (Å²) in [5.74, 6) is 0.138. The van der Waals surface area contributed by atoms with E-state index in [1.807, 2.05) is 0 Å². The Morgan fingerprint density at radius 3 is 2.44 bits per heavy atom. The minimum atomic E-state index is -3.66. The third kappa shape index (κ3) is 6.76. The van der Waals surface area contributed by atoms with Gasteiger partial charge < -0.3 is 0 Å². The summed E-state index contributed by atoms with van der Waals surface area (Å²) in [7, 11) is -0.780. The first-order chi connectivity index (χ1) is 11.7. The Bertz CT molecular complexity index is 569. The van der Waals surface area contributed by atoms with E-state index in [1.165, 1.54) is 14.2 Å². The normalized spacial score (nSPS) is 13.4. The molecule has 0 fully saturated rings. The Hall–Kier alpha value is -1.44. The number of ether oxygens (including phenoxy) is 3. The van der Waals surface area contributed by atoms with Crippen molar-refractivity contribution in [1.82, 2.24) is 5.09 Å². The van der Waals surface area contributed by atoms with Gasteiger partial charge in [-0.25, -0.2) is 0 Å². The first-order valence-corrected chi connectivity index (χ1v) is 9.97. The molecule has 0 bridgehead atoms. The van der Waals surface area contributed by atoms with Crippen molar-refractivity contribution in [2.45, 2.75) is 39.5 Å². The van der Waals surface area contributed by atoms with Gasteiger partial charge in [0, 0.05) is 0 Å². The predicted molar refractivity (Wildman–Crippen MR) is 95.8 cm³/mol. The molecule has 9 heteroatoms. The number of esters is 1. The standard InChI is InChI=1S/C16H28NO7P/c1-11(2)23-16(19)12(3)17-25(20,10-21-4)24-14-7-6-13(9-18)8-15(14)22-5/h6-8,11-12,17-18,20,25H,9-10H2,1-5H3/t12-/m0/s1. The van der Waals surface area contributed by atoms with Gasteiger partial charge in [-0.3, -0.25) is 0 Å². The van der Waals surface area contributed by atoms with Crippen molar-refractivity contribution in [2.75, 3.05) is 20.6 Å². The zero-order valence-electron chi connectivity index (χ0n) is 15.2. The molecule has 1 aromatic rings. The van der Waals surface area contributed by atoms with Crippen LogP contribution >= 0.6 is 7.87 Å². The number of aliphatic hydroxyl groups is 1. The number of nitrogens with one attached hydrogen (secondary N) is 1. The molecule has 3 N–H and O–H groups in total. The summed E-state index contributed by atoms with van der Waals surface area (Å²) in [4.78, 5) is 22.8. The van der Waals surface area contributed by atoms with Crippen molar-refractivity contribution in [1.29, 1.82) is 0 Å². The molecular formula is C16H28NO7P. The Morgan fingerprint density at radius 1 is 1.24 bits per heavy atom. The van der Waals surface area contributed by atoms with Gasteiger partial charge in [0.25, 0.3) is 0 Å². The second kappa shape index (κ2) is 9.89. The third-order valence-corrected chi connectivity index (χ3v) is 5.30. The van der Waals surface area contributed by atoms with Gasteiger partial charge in [0.05, 0.1) is 0 Å². The van der Waals surface area contributed by atoms with Crippen LogP contribution in [0.3, 0.4) is 0 Å². The number of hydrogen-bond donors (Lipinski definition) is 3. The fourth-order valence-corrected chi connectivity index (χ4v) is 4.02. The van der Waals surface area contributed by atoms with Crippen molar-refractivity contribution < 1.29 is 33.5 Å². The van der Waals surface area contributed by atoms with Crippen LogP contribution in [0.15, 0.2) is 18.2 Å². The van der Waals surface area contributed by atoms with Gasteiger partial charge in [-0.15, -0.1) is 0 Å². The maximum atomic E-state index is 12.0. The van der Waals surface area contributed by atoms with Crippen molar-refractivity contribution >= 4 is 13.8 Å². The molecule has 0 spiro atoms. The fourth-order valence-electron chi connectivity index (χ4n) is 2.10. The molecule has 0 saturated carbocycles. The second-order valence-corrected chi connectivity index (χ2v) is 8.16. The SMILES string of the molecule is COC[PH](O)(N[C@@H](C)C(=O)OC(C)C)Oc1ccc(CO)cc1OC. The van der Waals surface area contributed by atoms with Crippen molar-refractivity contribution in [3.63, 3.8) is 0 Å². The first kappa shape index (κ1) is 21.6. The number of hydrogen-bond acceptors (Lipinski definition) is 8. The van der Waals surface area contributed by atoms with Crippen LogP contribution in [-0.4, -0.2) is 48.7 Å². The number of rotatable bonds is 10. The Balaban J connectivity index is 2.96. The van der Waals surface area contributed by atoms with E-state index in [0.29, 0.717) is 11.3 Å². The van der Waals surface area contributed by atoms with E-state index < -0.39 is 19.9 Å². The molecule has 0 aliphatic rings. The predicted octanol–water partition coefficient (Wildman–Crippen LogP) is 1.59. The van der Waals surface area contributed by atoms with E-state index in [4.69, 9.17) is 18.7 Å². The van der Waals surface area contributed by atoms with Crippen LogP contribution in [0, 0.1) is 0 Å². The molecule has 0 aliphatic heterocycles. The van der Waals surface area contributed by atoms with Crippen LogP contribution in [0.1, 0.15) is 26.3 Å². The van der Waals surface area contributed by atoms with Gasteiger partial charge in [-0.2, -0.15) is 0 Å². The number of methoxy groups -OCH3 is 2. The summed E-state index contributed by atoms with van der Waals surface area (Å²) in [5, 5.41) is 12.0. The maximum absolute atomic E-state index is 12.0. The molecule has 0 aliphatic carbocycles. The zero-order chi connectivity index (χ0) is 19.0. The molecule has 25 heavy (non-hydrogen) atoms. The average molecular weight is 377 g/mol. The van der Waals surface area contributed by atoms with E-state index in [0.717, 1.165) is 0 Å². The van der Waals surface area contributed by atoms with Gasteiger partial charge in [0.1, 0.15) is 0 Å². The monoisotopic (exact) mass is 377 g/mol. The van der Waals surface area contributed by atoms with Crippen LogP contribution < -0.4 is 14.3 Å². The molecule has 0 unspecified atom stereocenters.